The average molecular weight is 396 g/mol. The Morgan fingerprint density at radius 3 is 2.97 bits per heavy atom. The van der Waals surface area contributed by atoms with Crippen LogP contribution in [0.15, 0.2) is 36.9 Å². The van der Waals surface area contributed by atoms with Crippen molar-refractivity contribution in [3.63, 3.8) is 0 Å². The van der Waals surface area contributed by atoms with E-state index in [9.17, 15) is 9.59 Å². The smallest absolute Gasteiger partial charge is 0.289 e. The van der Waals surface area contributed by atoms with Gasteiger partial charge < -0.3 is 20.1 Å². The molecule has 8 heteroatoms. The highest BCUT2D eigenvalue weighted by atomic mass is 16.2. The molecular formula is C21H28N6O2. The van der Waals surface area contributed by atoms with E-state index in [0.29, 0.717) is 25.5 Å². The summed E-state index contributed by atoms with van der Waals surface area (Å²) in [5, 5.41) is 3.15. The number of nitrogens with one attached hydrogen (secondary N) is 2. The van der Waals surface area contributed by atoms with Crippen LogP contribution in [-0.4, -0.2) is 75.8 Å². The fraction of sp³-hybridized carbons (Fsp3) is 0.524. The van der Waals surface area contributed by atoms with Crippen LogP contribution in [0.1, 0.15) is 35.4 Å². The molecule has 0 bridgehead atoms. The predicted octanol–water partition coefficient (Wildman–Crippen LogP) is 1.09. The fourth-order valence-corrected chi connectivity index (χ4v) is 4.71. The minimum atomic E-state index is -0.540. The molecule has 2 fully saturated rings. The number of aromatic nitrogens is 3. The zero-order valence-electron chi connectivity index (χ0n) is 16.8. The van der Waals surface area contributed by atoms with Crippen LogP contribution in [0.25, 0.3) is 0 Å². The summed E-state index contributed by atoms with van der Waals surface area (Å²) >= 11 is 0. The Morgan fingerprint density at radius 2 is 2.21 bits per heavy atom. The molecule has 2 saturated heterocycles. The molecule has 2 aromatic heterocycles. The van der Waals surface area contributed by atoms with E-state index in [4.69, 9.17) is 0 Å². The summed E-state index contributed by atoms with van der Waals surface area (Å²) in [6.07, 6.45) is 9.95. The van der Waals surface area contributed by atoms with Crippen molar-refractivity contribution in [1.29, 1.82) is 0 Å². The third-order valence-electron chi connectivity index (χ3n) is 6.30. The lowest BCUT2D eigenvalue weighted by molar-refractivity contribution is -0.142. The Kier molecular flexibility index (Phi) is 5.62. The minimum absolute atomic E-state index is 0.0661. The van der Waals surface area contributed by atoms with Crippen molar-refractivity contribution in [2.45, 2.75) is 31.7 Å². The number of carbonyl (C=O) groups excluding carboxylic acids is 2. The second kappa shape index (κ2) is 8.32. The van der Waals surface area contributed by atoms with Crippen LogP contribution in [0, 0.1) is 5.41 Å². The zero-order valence-corrected chi connectivity index (χ0v) is 16.8. The van der Waals surface area contributed by atoms with Gasteiger partial charge >= 0.3 is 0 Å². The fourth-order valence-electron chi connectivity index (χ4n) is 4.71. The molecule has 2 aromatic rings. The average Bonchev–Trinajstić information content (AvgIpc) is 3.28. The quantitative estimate of drug-likeness (QED) is 0.789. The van der Waals surface area contributed by atoms with Gasteiger partial charge in [-0.1, -0.05) is 6.07 Å². The van der Waals surface area contributed by atoms with Crippen molar-refractivity contribution in [3.05, 3.63) is 48.3 Å². The molecule has 0 radical (unpaired) electrons. The van der Waals surface area contributed by atoms with E-state index in [2.05, 4.69) is 25.2 Å². The van der Waals surface area contributed by atoms with Gasteiger partial charge in [0.15, 0.2) is 5.82 Å². The summed E-state index contributed by atoms with van der Waals surface area (Å²) in [6, 6.07) is 3.77. The monoisotopic (exact) mass is 396 g/mol. The van der Waals surface area contributed by atoms with E-state index < -0.39 is 5.41 Å². The Labute approximate surface area is 170 Å². The lowest BCUT2D eigenvalue weighted by Crippen LogP contribution is -2.66. The highest BCUT2D eigenvalue weighted by Gasteiger charge is 2.53. The Morgan fingerprint density at radius 1 is 1.31 bits per heavy atom. The standard InChI is InChI=1S/C21H28N6O2/c1-26-13-7-21(20(29)25-9-5-16-4-2-8-22-14-16)6-3-12-27(17(21)15-26)19(28)18-23-10-11-24-18/h2,4,8,10-11,14,17H,3,5-7,9,12-13,15H2,1H3,(H,23,24)(H,25,29)/t17-,21+/m0/s1. The van der Waals surface area contributed by atoms with Crippen LogP contribution in [-0.2, 0) is 11.2 Å². The van der Waals surface area contributed by atoms with E-state index in [1.807, 2.05) is 30.3 Å². The third-order valence-corrected chi connectivity index (χ3v) is 6.30. The molecule has 2 atom stereocenters. The number of H-pyrrole nitrogens is 1. The molecule has 0 unspecified atom stereocenters. The molecule has 8 nitrogen and oxygen atoms in total. The number of rotatable bonds is 5. The van der Waals surface area contributed by atoms with Crippen molar-refractivity contribution in [3.8, 4) is 0 Å². The van der Waals surface area contributed by atoms with E-state index >= 15 is 0 Å². The van der Waals surface area contributed by atoms with Gasteiger partial charge in [0.2, 0.25) is 5.91 Å². The van der Waals surface area contributed by atoms with Crippen LogP contribution in [0.2, 0.25) is 0 Å². The Hall–Kier alpha value is -2.74. The van der Waals surface area contributed by atoms with Crippen LogP contribution < -0.4 is 5.32 Å². The van der Waals surface area contributed by atoms with Gasteiger partial charge in [0.1, 0.15) is 0 Å². The van der Waals surface area contributed by atoms with Crippen molar-refractivity contribution in [1.82, 2.24) is 30.1 Å². The highest BCUT2D eigenvalue weighted by molar-refractivity contribution is 5.92. The number of aromatic amines is 1. The summed E-state index contributed by atoms with van der Waals surface area (Å²) in [6.45, 7) is 2.78. The molecule has 2 aliphatic heterocycles. The molecule has 0 aromatic carbocycles. The molecule has 0 saturated carbocycles. The Bertz CT molecular complexity index is 840. The number of piperidine rings is 2. The van der Waals surface area contributed by atoms with Crippen LogP contribution in [0.3, 0.4) is 0 Å². The topological polar surface area (TPSA) is 94.2 Å². The third kappa shape index (κ3) is 3.89. The number of likely N-dealkylation sites (N-methyl/N-ethyl adjacent to an activating group) is 1. The molecule has 0 spiro atoms. The van der Waals surface area contributed by atoms with Gasteiger partial charge in [-0.2, -0.15) is 0 Å². The van der Waals surface area contributed by atoms with E-state index in [1.165, 1.54) is 0 Å². The number of imidazole rings is 1. The van der Waals surface area contributed by atoms with Crippen LogP contribution >= 0.6 is 0 Å². The summed E-state index contributed by atoms with van der Waals surface area (Å²) in [4.78, 5) is 41.7. The van der Waals surface area contributed by atoms with Crippen LogP contribution in [0.5, 0.6) is 0 Å². The first-order chi connectivity index (χ1) is 14.1. The van der Waals surface area contributed by atoms with Gasteiger partial charge in [-0.25, -0.2) is 4.98 Å². The number of likely N-dealkylation sites (tertiary alicyclic amines) is 2. The molecule has 154 valence electrons. The first-order valence-electron chi connectivity index (χ1n) is 10.3. The number of nitrogens with zero attached hydrogens (tertiary/aromatic N) is 4. The lowest BCUT2D eigenvalue weighted by atomic mass is 9.67. The SMILES string of the molecule is CN1CC[C@]2(C(=O)NCCc3cccnc3)CCCN(C(=O)c3ncc[nH]3)[C@H]2C1. The van der Waals surface area contributed by atoms with Crippen molar-refractivity contribution in [2.75, 3.05) is 33.2 Å². The zero-order chi connectivity index (χ0) is 20.3. The molecule has 4 heterocycles. The summed E-state index contributed by atoms with van der Waals surface area (Å²) in [7, 11) is 2.05. The normalized spacial score (nSPS) is 24.7. The lowest BCUT2D eigenvalue weighted by Gasteiger charge is -2.53. The molecule has 0 aliphatic carbocycles. The number of hydrogen-bond donors (Lipinski definition) is 2. The van der Waals surface area contributed by atoms with Crippen molar-refractivity contribution < 1.29 is 9.59 Å². The van der Waals surface area contributed by atoms with Gasteiger partial charge in [0.05, 0.1) is 11.5 Å². The summed E-state index contributed by atoms with van der Waals surface area (Å²) < 4.78 is 0. The number of carbonyl (C=O) groups is 2. The van der Waals surface area contributed by atoms with Crippen molar-refractivity contribution >= 4 is 11.8 Å². The predicted molar refractivity (Wildman–Crippen MR) is 108 cm³/mol. The molecule has 29 heavy (non-hydrogen) atoms. The molecule has 2 N–H and O–H groups in total. The molecule has 2 amide bonds. The number of pyridine rings is 1. The second-order valence-corrected chi connectivity index (χ2v) is 8.09. The first kappa shape index (κ1) is 19.6. The van der Waals surface area contributed by atoms with E-state index in [1.54, 1.807) is 18.6 Å². The van der Waals surface area contributed by atoms with Crippen molar-refractivity contribution in [2.24, 2.45) is 5.41 Å². The van der Waals surface area contributed by atoms with Gasteiger partial charge in [-0.05, 0) is 50.9 Å². The van der Waals surface area contributed by atoms with Gasteiger partial charge in [-0.3, -0.25) is 14.6 Å². The summed E-state index contributed by atoms with van der Waals surface area (Å²) in [5.41, 5.74) is 0.561. The maximum atomic E-state index is 13.4. The minimum Gasteiger partial charge on any atom is -0.355 e. The van der Waals surface area contributed by atoms with Gasteiger partial charge in [0, 0.05) is 44.4 Å². The number of hydrogen-bond acceptors (Lipinski definition) is 5. The van der Waals surface area contributed by atoms with Gasteiger partial charge in [0.25, 0.3) is 5.91 Å². The molecular weight excluding hydrogens is 368 g/mol. The number of amides is 2. The summed E-state index contributed by atoms with van der Waals surface area (Å²) in [5.74, 6) is 0.282. The molecule has 4 rings (SSSR count). The van der Waals surface area contributed by atoms with E-state index in [-0.39, 0.29) is 17.9 Å². The molecule has 2 aliphatic rings. The van der Waals surface area contributed by atoms with E-state index in [0.717, 1.165) is 37.8 Å². The largest absolute Gasteiger partial charge is 0.355 e. The Balaban J connectivity index is 1.50. The van der Waals surface area contributed by atoms with Crippen LogP contribution in [0.4, 0.5) is 0 Å². The maximum Gasteiger partial charge on any atom is 0.289 e. The second-order valence-electron chi connectivity index (χ2n) is 8.09. The van der Waals surface area contributed by atoms with Gasteiger partial charge in [-0.15, -0.1) is 0 Å². The first-order valence-corrected chi connectivity index (χ1v) is 10.3. The number of fused-ring (bicyclic) bond motifs is 1. The maximum absolute atomic E-state index is 13.4. The highest BCUT2D eigenvalue weighted by Crippen LogP contribution is 2.42.